The Morgan fingerprint density at radius 3 is 2.56 bits per heavy atom. The number of nitrogens with one attached hydrogen (secondary N) is 1. The maximum Gasteiger partial charge on any atom is 0.410 e. The van der Waals surface area contributed by atoms with Gasteiger partial charge < -0.3 is 14.8 Å². The van der Waals surface area contributed by atoms with E-state index in [0.29, 0.717) is 16.6 Å². The average Bonchev–Trinajstić information content (AvgIpc) is 3.24. The molecule has 10 heteroatoms. The second-order valence-corrected chi connectivity index (χ2v) is 8.18. The van der Waals surface area contributed by atoms with E-state index >= 15 is 0 Å². The quantitative estimate of drug-likeness (QED) is 0.319. The van der Waals surface area contributed by atoms with Crippen molar-refractivity contribution in [3.63, 3.8) is 0 Å². The number of carbonyl (C=O) groups excluding carboxylic acids is 4. The normalized spacial score (nSPS) is 17.1. The summed E-state index contributed by atoms with van der Waals surface area (Å²) in [4.78, 5) is 55.3. The van der Waals surface area contributed by atoms with Crippen molar-refractivity contribution in [1.29, 1.82) is 0 Å². The van der Waals surface area contributed by atoms with E-state index in [0.717, 1.165) is 0 Å². The van der Waals surface area contributed by atoms with Crippen LogP contribution in [0.2, 0.25) is 0 Å². The predicted octanol–water partition coefficient (Wildman–Crippen LogP) is 3.38. The number of benzene rings is 1. The van der Waals surface area contributed by atoms with Crippen LogP contribution in [0.15, 0.2) is 55.6 Å². The van der Waals surface area contributed by atoms with E-state index < -0.39 is 24.0 Å². The molecule has 0 unspecified atom stereocenters. The molecule has 2 atom stereocenters. The average molecular weight is 484 g/mol. The van der Waals surface area contributed by atoms with E-state index in [1.807, 2.05) is 0 Å². The van der Waals surface area contributed by atoms with E-state index in [1.54, 1.807) is 24.3 Å². The number of para-hydroxylation sites is 1. The molecular formula is C24H25N3O6S. The molecule has 1 aromatic carbocycles. The van der Waals surface area contributed by atoms with Crippen LogP contribution in [0.4, 0.5) is 10.5 Å². The third-order valence-electron chi connectivity index (χ3n) is 5.23. The lowest BCUT2D eigenvalue weighted by Crippen LogP contribution is -2.43. The second-order valence-electron chi connectivity index (χ2n) is 7.68. The minimum absolute atomic E-state index is 0.00892. The molecule has 178 valence electrons. The molecule has 1 fully saturated rings. The number of likely N-dealkylation sites (tertiary alicyclic amines) is 1. The fraction of sp³-hybridized carbons (Fsp3) is 0.292. The van der Waals surface area contributed by atoms with Gasteiger partial charge in [0.2, 0.25) is 5.91 Å². The first kappa shape index (κ1) is 25.0. The van der Waals surface area contributed by atoms with Gasteiger partial charge in [0.25, 0.3) is 0 Å². The van der Waals surface area contributed by atoms with Gasteiger partial charge in [-0.3, -0.25) is 14.5 Å². The highest BCUT2D eigenvalue weighted by molar-refractivity contribution is 7.96. The van der Waals surface area contributed by atoms with Gasteiger partial charge in [0.1, 0.15) is 19.3 Å². The van der Waals surface area contributed by atoms with E-state index in [9.17, 15) is 19.2 Å². The molecular weight excluding hydrogens is 458 g/mol. The van der Waals surface area contributed by atoms with Crippen molar-refractivity contribution in [3.05, 3.63) is 61.3 Å². The van der Waals surface area contributed by atoms with Gasteiger partial charge in [-0.15, -0.1) is 12.6 Å². The van der Waals surface area contributed by atoms with Crippen LogP contribution in [0, 0.1) is 5.92 Å². The number of thiol groups is 1. The molecule has 2 heterocycles. The summed E-state index contributed by atoms with van der Waals surface area (Å²) in [6.07, 6.45) is 2.57. The third-order valence-corrected chi connectivity index (χ3v) is 5.41. The van der Waals surface area contributed by atoms with E-state index in [1.165, 1.54) is 23.1 Å². The first-order chi connectivity index (χ1) is 16.3. The number of carbonyl (C=O) groups is 4. The molecule has 2 amide bonds. The summed E-state index contributed by atoms with van der Waals surface area (Å²) in [5, 5.41) is 3.10. The Labute approximate surface area is 202 Å². The highest BCUT2D eigenvalue weighted by atomic mass is 32.1. The Kier molecular flexibility index (Phi) is 8.42. The number of amides is 2. The summed E-state index contributed by atoms with van der Waals surface area (Å²) in [5.41, 5.74) is 0.843. The molecule has 1 aliphatic heterocycles. The standard InChI is InChI=1S/C24H25N3O6S/c1-3-9-32-23(30)19-13-18(16-7-5-6-8-17(16)25-19)26-22(29)20-11-15(12-21(28)34)14-27(20)24(31)33-10-4-2/h3-8,13,15,20H,1-2,9-12,14H2,(H,28,34)(H,25,26,29)/t15-,20-/m0/s1. The van der Waals surface area contributed by atoms with Crippen molar-refractivity contribution in [1.82, 2.24) is 9.88 Å². The molecule has 0 saturated carbocycles. The van der Waals surface area contributed by atoms with Crippen molar-refractivity contribution in [3.8, 4) is 0 Å². The second kappa shape index (κ2) is 11.5. The fourth-order valence-corrected chi connectivity index (χ4v) is 4.05. The zero-order valence-electron chi connectivity index (χ0n) is 18.4. The number of pyridine rings is 1. The number of aromatic nitrogens is 1. The summed E-state index contributed by atoms with van der Waals surface area (Å²) in [6.45, 7) is 7.21. The molecule has 1 N–H and O–H groups in total. The molecule has 0 radical (unpaired) electrons. The third kappa shape index (κ3) is 6.02. The molecule has 1 saturated heterocycles. The van der Waals surface area contributed by atoms with Gasteiger partial charge in [-0.05, 0) is 24.5 Å². The van der Waals surface area contributed by atoms with Crippen LogP contribution in [0.3, 0.4) is 0 Å². The largest absolute Gasteiger partial charge is 0.457 e. The van der Waals surface area contributed by atoms with Gasteiger partial charge in [0.05, 0.1) is 11.2 Å². The molecule has 0 aliphatic carbocycles. The zero-order chi connectivity index (χ0) is 24.7. The number of nitrogens with zero attached hydrogens (tertiary/aromatic N) is 2. The number of fused-ring (bicyclic) bond motifs is 1. The maximum absolute atomic E-state index is 13.3. The van der Waals surface area contributed by atoms with Gasteiger partial charge in [-0.1, -0.05) is 43.5 Å². The van der Waals surface area contributed by atoms with Crippen LogP contribution >= 0.6 is 12.6 Å². The van der Waals surface area contributed by atoms with Gasteiger partial charge >= 0.3 is 12.1 Å². The van der Waals surface area contributed by atoms with Crippen molar-refractivity contribution >= 4 is 52.3 Å². The SMILES string of the molecule is C=CCOC(=O)c1cc(NC(=O)[C@@H]2C[C@@H](CC(=O)S)CN2C(=O)OCC=C)c2ccccc2n1. The summed E-state index contributed by atoms with van der Waals surface area (Å²) in [6, 6.07) is 7.54. The Balaban J connectivity index is 1.89. The molecule has 1 aliphatic rings. The van der Waals surface area contributed by atoms with Gasteiger partial charge in [0, 0.05) is 18.4 Å². The van der Waals surface area contributed by atoms with Crippen LogP contribution < -0.4 is 5.32 Å². The Morgan fingerprint density at radius 2 is 1.85 bits per heavy atom. The Hall–Kier alpha value is -3.66. The molecule has 3 rings (SSSR count). The van der Waals surface area contributed by atoms with E-state index in [4.69, 9.17) is 9.47 Å². The molecule has 2 aromatic rings. The van der Waals surface area contributed by atoms with Gasteiger partial charge in [-0.25, -0.2) is 14.6 Å². The lowest BCUT2D eigenvalue weighted by Gasteiger charge is -2.23. The van der Waals surface area contributed by atoms with Crippen molar-refractivity contribution in [2.75, 3.05) is 25.1 Å². The number of ether oxygens (including phenoxy) is 2. The smallest absolute Gasteiger partial charge is 0.410 e. The van der Waals surface area contributed by atoms with Crippen LogP contribution in [-0.4, -0.2) is 58.8 Å². The lowest BCUT2D eigenvalue weighted by molar-refractivity contribution is -0.120. The number of anilines is 1. The summed E-state index contributed by atoms with van der Waals surface area (Å²) in [5.74, 6) is -1.38. The number of hydrogen-bond acceptors (Lipinski definition) is 7. The van der Waals surface area contributed by atoms with Crippen molar-refractivity contribution in [2.24, 2.45) is 5.92 Å². The highest BCUT2D eigenvalue weighted by Gasteiger charge is 2.41. The summed E-state index contributed by atoms with van der Waals surface area (Å²) in [7, 11) is 0. The Morgan fingerprint density at radius 1 is 1.15 bits per heavy atom. The first-order valence-corrected chi connectivity index (χ1v) is 11.0. The number of hydrogen-bond donors (Lipinski definition) is 2. The summed E-state index contributed by atoms with van der Waals surface area (Å²) < 4.78 is 10.2. The lowest BCUT2D eigenvalue weighted by atomic mass is 10.0. The predicted molar refractivity (Wildman–Crippen MR) is 130 cm³/mol. The maximum atomic E-state index is 13.3. The molecule has 1 aromatic heterocycles. The topological polar surface area (TPSA) is 115 Å². The van der Waals surface area contributed by atoms with Crippen LogP contribution in [0.25, 0.3) is 10.9 Å². The fourth-order valence-electron chi connectivity index (χ4n) is 3.79. The summed E-state index contributed by atoms with van der Waals surface area (Å²) >= 11 is 3.82. The minimum atomic E-state index is -0.877. The highest BCUT2D eigenvalue weighted by Crippen LogP contribution is 2.30. The number of esters is 1. The molecule has 34 heavy (non-hydrogen) atoms. The minimum Gasteiger partial charge on any atom is -0.457 e. The van der Waals surface area contributed by atoms with Gasteiger partial charge in [0.15, 0.2) is 10.8 Å². The van der Waals surface area contributed by atoms with Crippen LogP contribution in [-0.2, 0) is 19.1 Å². The van der Waals surface area contributed by atoms with Crippen LogP contribution in [0.5, 0.6) is 0 Å². The monoisotopic (exact) mass is 483 g/mol. The van der Waals surface area contributed by atoms with Crippen molar-refractivity contribution < 1.29 is 28.7 Å². The first-order valence-electron chi connectivity index (χ1n) is 10.6. The Bertz CT molecular complexity index is 1130. The molecule has 0 bridgehead atoms. The molecule has 0 spiro atoms. The van der Waals surface area contributed by atoms with Crippen molar-refractivity contribution in [2.45, 2.75) is 18.9 Å². The van der Waals surface area contributed by atoms with E-state index in [2.05, 4.69) is 36.1 Å². The van der Waals surface area contributed by atoms with E-state index in [-0.39, 0.29) is 49.3 Å². The van der Waals surface area contributed by atoms with Gasteiger partial charge in [-0.2, -0.15) is 0 Å². The zero-order valence-corrected chi connectivity index (χ0v) is 19.3. The number of rotatable bonds is 9. The van der Waals surface area contributed by atoms with Crippen LogP contribution in [0.1, 0.15) is 23.3 Å². The molecule has 9 nitrogen and oxygen atoms in total.